The molecule has 2 aromatic heterocycles. The van der Waals surface area contributed by atoms with Crippen LogP contribution in [-0.4, -0.2) is 48.3 Å². The summed E-state index contributed by atoms with van der Waals surface area (Å²) in [7, 11) is -3.99. The molecule has 0 saturated carbocycles. The number of alkyl halides is 3. The van der Waals surface area contributed by atoms with Gasteiger partial charge in [-0.3, -0.25) is 19.1 Å². The summed E-state index contributed by atoms with van der Waals surface area (Å²) in [4.78, 5) is 40.5. The molecule has 0 aliphatic carbocycles. The van der Waals surface area contributed by atoms with Crippen LogP contribution in [0.1, 0.15) is 46.7 Å². The van der Waals surface area contributed by atoms with E-state index in [1.54, 1.807) is 35.1 Å². The van der Waals surface area contributed by atoms with Crippen molar-refractivity contribution in [3.63, 3.8) is 0 Å². The molecule has 0 saturated heterocycles. The molecule has 1 aromatic carbocycles. The van der Waals surface area contributed by atoms with Crippen molar-refractivity contribution in [1.29, 1.82) is 0 Å². The number of primary amides is 1. The summed E-state index contributed by atoms with van der Waals surface area (Å²) in [6.45, 7) is 2.60. The molecule has 0 bridgehead atoms. The van der Waals surface area contributed by atoms with E-state index in [9.17, 15) is 36.0 Å². The number of nitrogens with zero attached hydrogens (tertiary/aromatic N) is 2. The van der Waals surface area contributed by atoms with Crippen molar-refractivity contribution in [1.82, 2.24) is 14.1 Å². The van der Waals surface area contributed by atoms with Crippen molar-refractivity contribution in [2.45, 2.75) is 32.9 Å². The second-order valence-corrected chi connectivity index (χ2v) is 10.7. The Balaban J connectivity index is 2.37. The van der Waals surface area contributed by atoms with Gasteiger partial charge in [-0.1, -0.05) is 44.2 Å². The lowest BCUT2D eigenvalue weighted by molar-refractivity contribution is -0.141. The normalized spacial score (nSPS) is 12.1. The van der Waals surface area contributed by atoms with Gasteiger partial charge in [-0.2, -0.15) is 13.2 Å². The lowest BCUT2D eigenvalue weighted by Crippen LogP contribution is -2.33. The zero-order valence-electron chi connectivity index (χ0n) is 20.6. The number of ether oxygens (including phenoxy) is 1. The Labute approximate surface area is 216 Å². The smallest absolute Gasteiger partial charge is 0.434 e. The monoisotopic (exact) mass is 554 g/mol. The number of benzene rings is 1. The molecule has 3 rings (SSSR count). The molecular formula is C24H25F3N4O6S. The summed E-state index contributed by atoms with van der Waals surface area (Å²) in [5, 5.41) is 0. The predicted octanol–water partition coefficient (Wildman–Crippen LogP) is 2.27. The fourth-order valence-electron chi connectivity index (χ4n) is 3.94. The second-order valence-electron chi connectivity index (χ2n) is 8.99. The van der Waals surface area contributed by atoms with Crippen molar-refractivity contribution < 1.29 is 40.7 Å². The van der Waals surface area contributed by atoms with Crippen LogP contribution < -0.4 is 15.2 Å². The highest BCUT2D eigenvalue weighted by molar-refractivity contribution is 7.89. The molecule has 0 fully saturated rings. The number of halogens is 3. The largest absolute Gasteiger partial charge is 0.466 e. The first-order valence-corrected chi connectivity index (χ1v) is 13.1. The van der Waals surface area contributed by atoms with Crippen molar-refractivity contribution in [2.24, 2.45) is 11.7 Å². The van der Waals surface area contributed by atoms with E-state index >= 15 is 0 Å². The van der Waals surface area contributed by atoms with Gasteiger partial charge in [0.05, 0.1) is 11.8 Å². The molecule has 14 heteroatoms. The van der Waals surface area contributed by atoms with Gasteiger partial charge in [0, 0.05) is 18.3 Å². The zero-order valence-corrected chi connectivity index (χ0v) is 21.4. The SMILES string of the molecule is CC(C)Cc1c(C(=O)C(N)=O)c2c(OCC(=O)NS(C)(=O)=O)nc(C(F)(F)F)cn2c1Cc1ccccc1. The molecule has 0 spiro atoms. The Hall–Kier alpha value is -3.94. The summed E-state index contributed by atoms with van der Waals surface area (Å²) >= 11 is 0. The Morgan fingerprint density at radius 1 is 1.16 bits per heavy atom. The first-order valence-electron chi connectivity index (χ1n) is 11.2. The van der Waals surface area contributed by atoms with Gasteiger partial charge in [-0.25, -0.2) is 13.4 Å². The second kappa shape index (κ2) is 10.8. The number of ketones is 1. The fourth-order valence-corrected chi connectivity index (χ4v) is 4.41. The highest BCUT2D eigenvalue weighted by Crippen LogP contribution is 2.37. The minimum Gasteiger partial charge on any atom is -0.466 e. The van der Waals surface area contributed by atoms with E-state index in [-0.39, 0.29) is 41.1 Å². The van der Waals surface area contributed by atoms with Gasteiger partial charge in [0.15, 0.2) is 12.3 Å². The van der Waals surface area contributed by atoms with Gasteiger partial charge >= 0.3 is 6.18 Å². The Kier molecular flexibility index (Phi) is 8.15. The highest BCUT2D eigenvalue weighted by atomic mass is 32.2. The molecule has 0 aliphatic heterocycles. The summed E-state index contributed by atoms with van der Waals surface area (Å²) in [5.74, 6) is -4.61. The maximum atomic E-state index is 13.8. The van der Waals surface area contributed by atoms with Gasteiger partial charge in [-0.15, -0.1) is 0 Å². The zero-order chi connectivity index (χ0) is 28.4. The van der Waals surface area contributed by atoms with Crippen molar-refractivity contribution >= 4 is 33.1 Å². The fraction of sp³-hybridized carbons (Fsp3) is 0.333. The van der Waals surface area contributed by atoms with Gasteiger partial charge in [0.1, 0.15) is 5.52 Å². The van der Waals surface area contributed by atoms with Crippen LogP contribution in [0.15, 0.2) is 36.5 Å². The summed E-state index contributed by atoms with van der Waals surface area (Å²) < 4.78 is 72.2. The van der Waals surface area contributed by atoms with E-state index in [1.807, 2.05) is 13.8 Å². The molecule has 3 N–H and O–H groups in total. The number of rotatable bonds is 10. The average molecular weight is 555 g/mol. The van der Waals surface area contributed by atoms with Crippen LogP contribution >= 0.6 is 0 Å². The maximum absolute atomic E-state index is 13.8. The third-order valence-corrected chi connectivity index (χ3v) is 5.90. The standard InChI is InChI=1S/C24H25F3N4O6S/c1-13(2)9-15-16(10-14-7-5-4-6-8-14)31-11-17(24(25,26)27)29-23(20(31)19(15)21(33)22(28)34)37-12-18(32)30-38(3,35)36/h4-8,11,13H,9-10,12H2,1-3H3,(H2,28,34)(H,30,32). The van der Waals surface area contributed by atoms with Crippen molar-refractivity contribution in [2.75, 3.05) is 12.9 Å². The number of nitrogens with two attached hydrogens (primary N) is 1. The minimum atomic E-state index is -4.96. The molecule has 3 aromatic rings. The quantitative estimate of drug-likeness (QED) is 0.288. The molecule has 0 atom stereocenters. The Bertz CT molecular complexity index is 1500. The number of amides is 2. The summed E-state index contributed by atoms with van der Waals surface area (Å²) in [5.41, 5.74) is 4.55. The third kappa shape index (κ3) is 6.68. The molecule has 0 unspecified atom stereocenters. The van der Waals surface area contributed by atoms with Crippen LogP contribution in [0.25, 0.3) is 5.52 Å². The lowest BCUT2D eigenvalue weighted by Gasteiger charge is -2.13. The van der Waals surface area contributed by atoms with Crippen LogP contribution in [0, 0.1) is 5.92 Å². The van der Waals surface area contributed by atoms with Crippen LogP contribution in [-0.2, 0) is 38.6 Å². The van der Waals surface area contributed by atoms with E-state index in [1.165, 1.54) is 0 Å². The number of sulfonamides is 1. The van der Waals surface area contributed by atoms with Crippen LogP contribution in [0.4, 0.5) is 13.2 Å². The Morgan fingerprint density at radius 2 is 1.79 bits per heavy atom. The Morgan fingerprint density at radius 3 is 2.32 bits per heavy atom. The van der Waals surface area contributed by atoms with Gasteiger partial charge in [0.25, 0.3) is 17.6 Å². The predicted molar refractivity (Wildman–Crippen MR) is 130 cm³/mol. The maximum Gasteiger partial charge on any atom is 0.434 e. The third-order valence-electron chi connectivity index (χ3n) is 5.30. The molecular weight excluding hydrogens is 529 g/mol. The summed E-state index contributed by atoms with van der Waals surface area (Å²) in [6, 6.07) is 8.72. The number of Topliss-reactive ketones (excluding diaryl/α,β-unsaturated/α-hetero) is 1. The molecule has 10 nitrogen and oxygen atoms in total. The van der Waals surface area contributed by atoms with E-state index in [0.717, 1.165) is 4.40 Å². The van der Waals surface area contributed by atoms with E-state index in [2.05, 4.69) is 4.98 Å². The van der Waals surface area contributed by atoms with Gasteiger partial charge in [0.2, 0.25) is 15.9 Å². The average Bonchev–Trinajstić information content (AvgIpc) is 3.08. The number of hydrogen-bond acceptors (Lipinski definition) is 7. The van der Waals surface area contributed by atoms with Crippen LogP contribution in [0.5, 0.6) is 5.88 Å². The van der Waals surface area contributed by atoms with Gasteiger partial charge in [-0.05, 0) is 23.5 Å². The van der Waals surface area contributed by atoms with E-state index < -0.39 is 52.0 Å². The summed E-state index contributed by atoms with van der Waals surface area (Å²) in [6.07, 6.45) is -3.31. The number of nitrogens with one attached hydrogen (secondary N) is 1. The molecule has 2 heterocycles. The minimum absolute atomic E-state index is 0.0748. The number of carbonyl (C=O) groups is 3. The van der Waals surface area contributed by atoms with E-state index in [4.69, 9.17) is 10.5 Å². The molecule has 38 heavy (non-hydrogen) atoms. The van der Waals surface area contributed by atoms with Crippen molar-refractivity contribution in [3.8, 4) is 5.88 Å². The first kappa shape index (κ1) is 28.6. The van der Waals surface area contributed by atoms with Crippen LogP contribution in [0.3, 0.4) is 0 Å². The molecule has 0 radical (unpaired) electrons. The molecule has 204 valence electrons. The number of carbonyl (C=O) groups excluding carboxylic acids is 3. The molecule has 2 amide bonds. The van der Waals surface area contributed by atoms with Gasteiger partial charge < -0.3 is 14.9 Å². The molecule has 0 aliphatic rings. The van der Waals surface area contributed by atoms with Crippen molar-refractivity contribution in [3.05, 3.63) is 64.6 Å². The van der Waals surface area contributed by atoms with E-state index in [0.29, 0.717) is 18.0 Å². The first-order chi connectivity index (χ1) is 17.6. The van der Waals surface area contributed by atoms with Crippen LogP contribution in [0.2, 0.25) is 0 Å². The number of fused-ring (bicyclic) bond motifs is 1. The number of aromatic nitrogens is 2. The number of hydrogen-bond donors (Lipinski definition) is 2. The topological polar surface area (TPSA) is 150 Å². The highest BCUT2D eigenvalue weighted by Gasteiger charge is 2.37. The lowest BCUT2D eigenvalue weighted by atomic mass is 9.94.